The van der Waals surface area contributed by atoms with Crippen LogP contribution in [0.5, 0.6) is 0 Å². The summed E-state index contributed by atoms with van der Waals surface area (Å²) in [6, 6.07) is 16.5. The quantitative estimate of drug-likeness (QED) is 0.522. The number of carbonyl (C=O) groups excluding carboxylic acids is 2. The molecule has 1 aliphatic carbocycles. The molecule has 5 heteroatoms. The molecule has 1 amide bonds. The Morgan fingerprint density at radius 3 is 2.44 bits per heavy atom. The van der Waals surface area contributed by atoms with E-state index in [2.05, 4.69) is 54.3 Å². The first-order valence-electron chi connectivity index (χ1n) is 13.8. The first kappa shape index (κ1) is 25.0. The summed E-state index contributed by atoms with van der Waals surface area (Å²) in [6.45, 7) is 6.16. The van der Waals surface area contributed by atoms with E-state index in [4.69, 9.17) is 4.74 Å². The van der Waals surface area contributed by atoms with Gasteiger partial charge in [-0.25, -0.2) is 0 Å². The Morgan fingerprint density at radius 1 is 0.917 bits per heavy atom. The molecule has 3 atom stereocenters. The Bertz CT molecular complexity index is 1080. The van der Waals surface area contributed by atoms with Crippen LogP contribution in [0.25, 0.3) is 11.1 Å². The second kappa shape index (κ2) is 11.2. The number of rotatable bonds is 6. The second-order valence-corrected chi connectivity index (χ2v) is 11.1. The van der Waals surface area contributed by atoms with Crippen LogP contribution >= 0.6 is 0 Å². The van der Waals surface area contributed by atoms with Crippen molar-refractivity contribution < 1.29 is 14.3 Å². The van der Waals surface area contributed by atoms with E-state index in [1.165, 1.54) is 54.3 Å². The summed E-state index contributed by atoms with van der Waals surface area (Å²) >= 11 is 0. The third kappa shape index (κ3) is 5.51. The topological polar surface area (TPSA) is 49.9 Å². The highest BCUT2D eigenvalue weighted by molar-refractivity contribution is 5.81. The molecule has 2 heterocycles. The minimum absolute atomic E-state index is 0.0594. The Hall–Kier alpha value is -2.66. The number of esters is 1. The van der Waals surface area contributed by atoms with Gasteiger partial charge in [0.2, 0.25) is 5.91 Å². The molecule has 0 N–H and O–H groups in total. The molecule has 36 heavy (non-hydrogen) atoms. The summed E-state index contributed by atoms with van der Waals surface area (Å²) < 4.78 is 4.93. The van der Waals surface area contributed by atoms with Gasteiger partial charge in [0.25, 0.3) is 0 Å². The fraction of sp³-hybridized carbons (Fsp3) is 0.548. The number of hydrogen-bond donors (Lipinski definition) is 0. The van der Waals surface area contributed by atoms with Crippen LogP contribution < -0.4 is 0 Å². The molecule has 3 aliphatic rings. The maximum absolute atomic E-state index is 13.3. The molecule has 0 aromatic heterocycles. The van der Waals surface area contributed by atoms with Crippen molar-refractivity contribution >= 4 is 11.9 Å². The van der Waals surface area contributed by atoms with E-state index in [-0.39, 0.29) is 23.7 Å². The minimum Gasteiger partial charge on any atom is -0.469 e. The SMILES string of the molecule is COC(=O)[C@H]1CCC[C@@H](C(=O)N2CCc3cc(-c4ccc(CCN5CCC[C@H]5C)cc4)ccc3C2)C1. The molecule has 0 unspecified atom stereocenters. The lowest BCUT2D eigenvalue weighted by atomic mass is 9.80. The van der Waals surface area contributed by atoms with Crippen LogP contribution in [-0.2, 0) is 33.7 Å². The number of nitrogens with zero attached hydrogens (tertiary/aromatic N) is 2. The summed E-state index contributed by atoms with van der Waals surface area (Å²) in [5, 5.41) is 0. The fourth-order valence-electron chi connectivity index (χ4n) is 6.44. The molecule has 2 fully saturated rings. The molecule has 0 bridgehead atoms. The van der Waals surface area contributed by atoms with Gasteiger partial charge in [0.05, 0.1) is 13.0 Å². The van der Waals surface area contributed by atoms with Gasteiger partial charge in [0.1, 0.15) is 0 Å². The standard InChI is InChI=1S/C31H40N2O3/c1-22-5-4-16-32(22)17-14-23-8-10-24(11-9-23)25-12-13-29-21-33(18-15-26(29)19-25)30(34)27-6-3-7-28(20-27)31(35)36-2/h8-13,19,22,27-28H,3-7,14-18,20-21H2,1-2H3/t22-,27-,28+/m1/s1. The average molecular weight is 489 g/mol. The van der Waals surface area contributed by atoms with Gasteiger partial charge in [-0.05, 0) is 86.2 Å². The molecule has 1 saturated carbocycles. The number of methoxy groups -OCH3 is 1. The normalized spacial score (nSPS) is 24.4. The van der Waals surface area contributed by atoms with E-state index < -0.39 is 0 Å². The monoisotopic (exact) mass is 488 g/mol. The molecule has 0 spiro atoms. The molecule has 5 rings (SSSR count). The Kier molecular flexibility index (Phi) is 7.76. The van der Waals surface area contributed by atoms with Gasteiger partial charge in [0.15, 0.2) is 0 Å². The Balaban J connectivity index is 1.19. The average Bonchev–Trinajstić information content (AvgIpc) is 3.35. The maximum Gasteiger partial charge on any atom is 0.308 e. The number of benzene rings is 2. The van der Waals surface area contributed by atoms with Crippen molar-refractivity contribution in [2.45, 2.75) is 70.9 Å². The second-order valence-electron chi connectivity index (χ2n) is 11.1. The molecule has 0 radical (unpaired) electrons. The molecular formula is C31H40N2O3. The van der Waals surface area contributed by atoms with Gasteiger partial charge in [-0.15, -0.1) is 0 Å². The minimum atomic E-state index is -0.168. The van der Waals surface area contributed by atoms with Crippen molar-refractivity contribution in [1.82, 2.24) is 9.80 Å². The van der Waals surface area contributed by atoms with E-state index in [9.17, 15) is 9.59 Å². The van der Waals surface area contributed by atoms with Crippen molar-refractivity contribution in [3.05, 3.63) is 59.2 Å². The summed E-state index contributed by atoms with van der Waals surface area (Å²) in [5.74, 6) is -0.154. The zero-order valence-electron chi connectivity index (χ0n) is 21.9. The predicted molar refractivity (Wildman–Crippen MR) is 142 cm³/mol. The molecule has 2 aromatic carbocycles. The molecule has 192 valence electrons. The van der Waals surface area contributed by atoms with Crippen molar-refractivity contribution in [3.63, 3.8) is 0 Å². The van der Waals surface area contributed by atoms with Crippen LogP contribution in [0.2, 0.25) is 0 Å². The number of amides is 1. The molecule has 2 aliphatic heterocycles. The van der Waals surface area contributed by atoms with Crippen molar-refractivity contribution in [1.29, 1.82) is 0 Å². The predicted octanol–water partition coefficient (Wildman–Crippen LogP) is 5.24. The van der Waals surface area contributed by atoms with Crippen molar-refractivity contribution in [3.8, 4) is 11.1 Å². The molecule has 1 saturated heterocycles. The van der Waals surface area contributed by atoms with Gasteiger partial charge in [-0.3, -0.25) is 9.59 Å². The van der Waals surface area contributed by atoms with Gasteiger partial charge in [-0.1, -0.05) is 48.9 Å². The van der Waals surface area contributed by atoms with Gasteiger partial charge < -0.3 is 14.5 Å². The number of hydrogen-bond acceptors (Lipinski definition) is 4. The third-order valence-electron chi connectivity index (χ3n) is 8.75. The number of carbonyl (C=O) groups is 2. The molecule has 5 nitrogen and oxygen atoms in total. The van der Waals surface area contributed by atoms with E-state index >= 15 is 0 Å². The van der Waals surface area contributed by atoms with E-state index in [0.29, 0.717) is 13.0 Å². The summed E-state index contributed by atoms with van der Waals surface area (Å²) in [5.41, 5.74) is 6.50. The fourth-order valence-corrected chi connectivity index (χ4v) is 6.44. The molecular weight excluding hydrogens is 448 g/mol. The molecule has 2 aromatic rings. The van der Waals surface area contributed by atoms with Gasteiger partial charge >= 0.3 is 5.97 Å². The zero-order chi connectivity index (χ0) is 25.1. The van der Waals surface area contributed by atoms with Crippen LogP contribution in [0, 0.1) is 11.8 Å². The van der Waals surface area contributed by atoms with Crippen LogP contribution in [0.1, 0.15) is 62.1 Å². The number of likely N-dealkylation sites (tertiary alicyclic amines) is 1. The van der Waals surface area contributed by atoms with Crippen LogP contribution in [0.3, 0.4) is 0 Å². The maximum atomic E-state index is 13.3. The largest absolute Gasteiger partial charge is 0.469 e. The van der Waals surface area contributed by atoms with Gasteiger partial charge in [-0.2, -0.15) is 0 Å². The first-order valence-corrected chi connectivity index (χ1v) is 13.8. The Labute approximate surface area is 215 Å². The lowest BCUT2D eigenvalue weighted by Gasteiger charge is -2.34. The van der Waals surface area contributed by atoms with Crippen LogP contribution in [0.15, 0.2) is 42.5 Å². The van der Waals surface area contributed by atoms with Crippen molar-refractivity contribution in [2.24, 2.45) is 11.8 Å². The lowest BCUT2D eigenvalue weighted by Crippen LogP contribution is -2.41. The van der Waals surface area contributed by atoms with E-state index in [1.54, 1.807) is 0 Å². The van der Waals surface area contributed by atoms with Crippen LogP contribution in [-0.4, -0.2) is 54.5 Å². The van der Waals surface area contributed by atoms with E-state index in [0.717, 1.165) is 51.2 Å². The smallest absolute Gasteiger partial charge is 0.308 e. The summed E-state index contributed by atoms with van der Waals surface area (Å²) in [7, 11) is 1.44. The Morgan fingerprint density at radius 2 is 1.69 bits per heavy atom. The first-order chi connectivity index (χ1) is 17.5. The number of ether oxygens (including phenoxy) is 1. The van der Waals surface area contributed by atoms with Gasteiger partial charge in [0, 0.05) is 31.6 Å². The van der Waals surface area contributed by atoms with Crippen LogP contribution in [0.4, 0.5) is 0 Å². The lowest BCUT2D eigenvalue weighted by molar-refractivity contribution is -0.148. The van der Waals surface area contributed by atoms with Crippen molar-refractivity contribution in [2.75, 3.05) is 26.7 Å². The third-order valence-corrected chi connectivity index (χ3v) is 8.75. The highest BCUT2D eigenvalue weighted by Gasteiger charge is 2.34. The summed E-state index contributed by atoms with van der Waals surface area (Å²) in [4.78, 5) is 29.9. The number of fused-ring (bicyclic) bond motifs is 1. The zero-order valence-corrected chi connectivity index (χ0v) is 21.9. The summed E-state index contributed by atoms with van der Waals surface area (Å²) in [6.07, 6.45) is 7.91. The highest BCUT2D eigenvalue weighted by atomic mass is 16.5. The van der Waals surface area contributed by atoms with E-state index in [1.807, 2.05) is 4.90 Å². The highest BCUT2D eigenvalue weighted by Crippen LogP contribution is 2.33.